The van der Waals surface area contributed by atoms with Crippen molar-refractivity contribution in [3.63, 3.8) is 0 Å². The summed E-state index contributed by atoms with van der Waals surface area (Å²) in [4.78, 5) is 2.00. The molecule has 0 aromatic heterocycles. The second kappa shape index (κ2) is 5.56. The van der Waals surface area contributed by atoms with E-state index in [2.05, 4.69) is 10.5 Å². The van der Waals surface area contributed by atoms with E-state index < -0.39 is 0 Å². The summed E-state index contributed by atoms with van der Waals surface area (Å²) in [6.45, 7) is 1.03. The number of hydrazone groups is 1. The summed E-state index contributed by atoms with van der Waals surface area (Å²) in [5.41, 5.74) is 2.79. The van der Waals surface area contributed by atoms with Crippen molar-refractivity contribution in [2.45, 2.75) is 6.42 Å². The van der Waals surface area contributed by atoms with Crippen molar-refractivity contribution in [2.75, 3.05) is 27.7 Å². The van der Waals surface area contributed by atoms with Gasteiger partial charge in [0.05, 0.1) is 0 Å². The molecule has 9 heavy (non-hydrogen) atoms. The minimum atomic E-state index is 1.03. The molecule has 1 heterocycles. The predicted molar refractivity (Wildman–Crippen MR) is 40.7 cm³/mol. The Morgan fingerprint density at radius 2 is 2.00 bits per heavy atom. The molecule has 0 spiro atoms. The monoisotopic (exact) mass is 129 g/mol. The molecule has 3 nitrogen and oxygen atoms in total. The predicted octanol–water partition coefficient (Wildman–Crippen LogP) is 0.143. The standard InChI is InChI=1S/C3H6N2.C3H9N/c1-2-4-5-3-1;1-4(2)3/h2,5H,1,3H2;1-3H3. The topological polar surface area (TPSA) is 27.6 Å². The second-order valence-electron chi connectivity index (χ2n) is 2.35. The molecule has 0 radical (unpaired) electrons. The molecule has 0 amide bonds. The van der Waals surface area contributed by atoms with E-state index in [1.165, 1.54) is 0 Å². The van der Waals surface area contributed by atoms with Crippen molar-refractivity contribution in [1.82, 2.24) is 10.3 Å². The average molecular weight is 129 g/mol. The van der Waals surface area contributed by atoms with E-state index >= 15 is 0 Å². The van der Waals surface area contributed by atoms with E-state index in [1.54, 1.807) is 0 Å². The lowest BCUT2D eigenvalue weighted by molar-refractivity contribution is 0.505. The van der Waals surface area contributed by atoms with Gasteiger partial charge in [-0.15, -0.1) is 0 Å². The van der Waals surface area contributed by atoms with Crippen LogP contribution in [0.1, 0.15) is 6.42 Å². The van der Waals surface area contributed by atoms with Crippen molar-refractivity contribution < 1.29 is 0 Å². The first-order chi connectivity index (χ1) is 4.23. The molecule has 0 aromatic rings. The van der Waals surface area contributed by atoms with Gasteiger partial charge in [0.2, 0.25) is 0 Å². The van der Waals surface area contributed by atoms with Gasteiger partial charge in [0, 0.05) is 19.2 Å². The number of nitrogens with one attached hydrogen (secondary N) is 1. The Labute approximate surface area is 56.7 Å². The van der Waals surface area contributed by atoms with Crippen LogP contribution >= 0.6 is 0 Å². The fourth-order valence-corrected chi connectivity index (χ4v) is 0.323. The van der Waals surface area contributed by atoms with Gasteiger partial charge in [0.15, 0.2) is 0 Å². The molecule has 0 unspecified atom stereocenters. The van der Waals surface area contributed by atoms with Gasteiger partial charge in [-0.3, -0.25) is 0 Å². The summed E-state index contributed by atoms with van der Waals surface area (Å²) in [7, 11) is 6.00. The summed E-state index contributed by atoms with van der Waals surface area (Å²) in [6.07, 6.45) is 2.97. The smallest absolute Gasteiger partial charge is 0.0379 e. The van der Waals surface area contributed by atoms with Gasteiger partial charge in [-0.25, -0.2) is 0 Å². The average Bonchev–Trinajstić information content (AvgIpc) is 2.11. The van der Waals surface area contributed by atoms with E-state index in [0.717, 1.165) is 13.0 Å². The largest absolute Gasteiger partial charge is 0.312 e. The zero-order valence-electron chi connectivity index (χ0n) is 6.39. The molecule has 1 N–H and O–H groups in total. The molecule has 1 aliphatic heterocycles. The van der Waals surface area contributed by atoms with E-state index in [1.807, 2.05) is 32.3 Å². The minimum Gasteiger partial charge on any atom is -0.312 e. The molecule has 0 bridgehead atoms. The number of rotatable bonds is 0. The van der Waals surface area contributed by atoms with Crippen LogP contribution in [0.5, 0.6) is 0 Å². The van der Waals surface area contributed by atoms with Crippen LogP contribution in [0.4, 0.5) is 0 Å². The Kier molecular flexibility index (Phi) is 5.21. The third kappa shape index (κ3) is 11.2. The molecule has 0 saturated carbocycles. The third-order valence-corrected chi connectivity index (χ3v) is 0.568. The zero-order valence-corrected chi connectivity index (χ0v) is 6.39. The van der Waals surface area contributed by atoms with Crippen LogP contribution in [0.3, 0.4) is 0 Å². The number of hydrogen-bond acceptors (Lipinski definition) is 3. The fourth-order valence-electron chi connectivity index (χ4n) is 0.323. The van der Waals surface area contributed by atoms with Gasteiger partial charge < -0.3 is 10.3 Å². The van der Waals surface area contributed by atoms with Crippen molar-refractivity contribution >= 4 is 6.21 Å². The van der Waals surface area contributed by atoms with E-state index in [4.69, 9.17) is 0 Å². The molecular weight excluding hydrogens is 114 g/mol. The molecule has 1 aliphatic rings. The molecule has 0 fully saturated rings. The molecule has 0 aromatic carbocycles. The fraction of sp³-hybridized carbons (Fsp3) is 0.833. The van der Waals surface area contributed by atoms with Crippen LogP contribution in [0.2, 0.25) is 0 Å². The van der Waals surface area contributed by atoms with Crippen LogP contribution in [-0.2, 0) is 0 Å². The number of nitrogens with zero attached hydrogens (tertiary/aromatic N) is 2. The summed E-state index contributed by atoms with van der Waals surface area (Å²) in [5, 5.41) is 3.71. The highest BCUT2D eigenvalue weighted by Crippen LogP contribution is 1.75. The molecule has 1 rings (SSSR count). The number of hydrogen-bond donors (Lipinski definition) is 1. The zero-order chi connectivity index (χ0) is 7.11. The first-order valence-corrected chi connectivity index (χ1v) is 3.09. The molecule has 0 saturated heterocycles. The van der Waals surface area contributed by atoms with Gasteiger partial charge in [-0.1, -0.05) is 0 Å². The lowest BCUT2D eigenvalue weighted by Crippen LogP contribution is -1.99. The molecule has 54 valence electrons. The summed E-state index contributed by atoms with van der Waals surface area (Å²) in [5.74, 6) is 0. The van der Waals surface area contributed by atoms with Crippen molar-refractivity contribution in [2.24, 2.45) is 5.10 Å². The molecule has 0 atom stereocenters. The molecule has 0 aliphatic carbocycles. The summed E-state index contributed by atoms with van der Waals surface area (Å²) < 4.78 is 0. The van der Waals surface area contributed by atoms with Crippen LogP contribution < -0.4 is 5.43 Å². The highest BCUT2D eigenvalue weighted by molar-refractivity contribution is 5.58. The first kappa shape index (κ1) is 8.43. The lowest BCUT2D eigenvalue weighted by atomic mass is 10.5. The van der Waals surface area contributed by atoms with Crippen molar-refractivity contribution in [3.05, 3.63) is 0 Å². The van der Waals surface area contributed by atoms with Gasteiger partial charge in [0.25, 0.3) is 0 Å². The van der Waals surface area contributed by atoms with Crippen LogP contribution in [-0.4, -0.2) is 38.8 Å². The normalized spacial score (nSPS) is 14.7. The van der Waals surface area contributed by atoms with Gasteiger partial charge >= 0.3 is 0 Å². The van der Waals surface area contributed by atoms with Crippen molar-refractivity contribution in [3.8, 4) is 0 Å². The van der Waals surface area contributed by atoms with Gasteiger partial charge in [-0.05, 0) is 21.1 Å². The highest BCUT2D eigenvalue weighted by Gasteiger charge is 1.83. The Hall–Kier alpha value is -0.570. The SMILES string of the molecule is C1=NNCC1.CN(C)C. The van der Waals surface area contributed by atoms with Crippen molar-refractivity contribution in [1.29, 1.82) is 0 Å². The third-order valence-electron chi connectivity index (χ3n) is 0.568. The Morgan fingerprint density at radius 3 is 2.11 bits per heavy atom. The maximum Gasteiger partial charge on any atom is 0.0379 e. The lowest BCUT2D eigenvalue weighted by Gasteiger charge is -1.90. The van der Waals surface area contributed by atoms with E-state index in [9.17, 15) is 0 Å². The van der Waals surface area contributed by atoms with Crippen LogP contribution in [0, 0.1) is 0 Å². The quantitative estimate of drug-likeness (QED) is 0.504. The highest BCUT2D eigenvalue weighted by atomic mass is 15.3. The van der Waals surface area contributed by atoms with Crippen LogP contribution in [0.25, 0.3) is 0 Å². The first-order valence-electron chi connectivity index (χ1n) is 3.09. The van der Waals surface area contributed by atoms with E-state index in [0.29, 0.717) is 0 Å². The van der Waals surface area contributed by atoms with Gasteiger partial charge in [-0.2, -0.15) is 5.10 Å². The Morgan fingerprint density at radius 1 is 1.44 bits per heavy atom. The maximum absolute atomic E-state index is 3.71. The minimum absolute atomic E-state index is 1.03. The Balaban J connectivity index is 0.000000148. The molecule has 3 heteroatoms. The summed E-state index contributed by atoms with van der Waals surface area (Å²) >= 11 is 0. The molecular formula is C6H15N3. The van der Waals surface area contributed by atoms with Gasteiger partial charge in [0.1, 0.15) is 0 Å². The van der Waals surface area contributed by atoms with E-state index in [-0.39, 0.29) is 0 Å². The maximum atomic E-state index is 3.71. The Bertz CT molecular complexity index is 69.6. The second-order valence-corrected chi connectivity index (χ2v) is 2.35. The van der Waals surface area contributed by atoms with Crippen LogP contribution in [0.15, 0.2) is 5.10 Å². The summed E-state index contributed by atoms with van der Waals surface area (Å²) in [6, 6.07) is 0.